The van der Waals surface area contributed by atoms with E-state index in [9.17, 15) is 9.59 Å². The molecule has 0 saturated carbocycles. The van der Waals surface area contributed by atoms with Crippen LogP contribution in [-0.2, 0) is 16.1 Å². The van der Waals surface area contributed by atoms with Crippen molar-refractivity contribution in [1.82, 2.24) is 5.32 Å². The summed E-state index contributed by atoms with van der Waals surface area (Å²) >= 11 is 1.54. The topological polar surface area (TPSA) is 87.7 Å². The van der Waals surface area contributed by atoms with Crippen molar-refractivity contribution >= 4 is 29.4 Å². The summed E-state index contributed by atoms with van der Waals surface area (Å²) in [6.07, 6.45) is 2.27. The normalized spacial score (nSPS) is 11.7. The van der Waals surface area contributed by atoms with Crippen LogP contribution in [0.1, 0.15) is 12.0 Å². The Morgan fingerprint density at radius 3 is 2.71 bits per heavy atom. The molecule has 3 N–H and O–H groups in total. The average molecular weight is 312 g/mol. The van der Waals surface area contributed by atoms with Crippen molar-refractivity contribution in [2.45, 2.75) is 19.1 Å². The van der Waals surface area contributed by atoms with Gasteiger partial charge in [0.1, 0.15) is 6.04 Å². The molecule has 1 atom stereocenters. The van der Waals surface area contributed by atoms with E-state index in [0.717, 1.165) is 5.56 Å². The molecule has 2 amide bonds. The number of carbonyl (C=O) groups is 2. The van der Waals surface area contributed by atoms with Gasteiger partial charge in [0.2, 0.25) is 0 Å². The van der Waals surface area contributed by atoms with Gasteiger partial charge in [-0.25, -0.2) is 9.59 Å². The maximum absolute atomic E-state index is 11.9. The second-order valence-electron chi connectivity index (χ2n) is 4.36. The Morgan fingerprint density at radius 1 is 1.38 bits per heavy atom. The Morgan fingerprint density at radius 2 is 2.10 bits per heavy atom. The Balaban J connectivity index is 2.65. The highest BCUT2D eigenvalue weighted by molar-refractivity contribution is 7.98. The fourth-order valence-electron chi connectivity index (χ4n) is 1.73. The number of carboxylic acid groups (broad SMARTS) is 1. The Hall–Kier alpha value is -1.73. The maximum Gasteiger partial charge on any atom is 0.326 e. The fourth-order valence-corrected chi connectivity index (χ4v) is 2.20. The number of amides is 2. The summed E-state index contributed by atoms with van der Waals surface area (Å²) in [4.78, 5) is 23.0. The summed E-state index contributed by atoms with van der Waals surface area (Å²) in [7, 11) is 1.57. The number of rotatable bonds is 8. The van der Waals surface area contributed by atoms with E-state index in [1.807, 2.05) is 18.4 Å². The van der Waals surface area contributed by atoms with E-state index in [0.29, 0.717) is 24.5 Å². The van der Waals surface area contributed by atoms with Crippen LogP contribution < -0.4 is 10.6 Å². The summed E-state index contributed by atoms with van der Waals surface area (Å²) in [5.74, 6) is -0.373. The second kappa shape index (κ2) is 9.25. The predicted molar refractivity (Wildman–Crippen MR) is 83.7 cm³/mol. The van der Waals surface area contributed by atoms with Crippen LogP contribution in [-0.4, -0.2) is 42.3 Å². The zero-order chi connectivity index (χ0) is 15.7. The highest BCUT2D eigenvalue weighted by atomic mass is 32.2. The molecule has 6 nitrogen and oxygen atoms in total. The number of thioether (sulfide) groups is 1. The monoisotopic (exact) mass is 312 g/mol. The highest BCUT2D eigenvalue weighted by Crippen LogP contribution is 2.15. The molecule has 21 heavy (non-hydrogen) atoms. The molecule has 0 aromatic heterocycles. The van der Waals surface area contributed by atoms with E-state index in [1.54, 1.807) is 19.2 Å². The zero-order valence-corrected chi connectivity index (χ0v) is 12.9. The van der Waals surface area contributed by atoms with Crippen molar-refractivity contribution < 1.29 is 19.4 Å². The molecular formula is C14H20N2O4S. The number of hydrogen-bond acceptors (Lipinski definition) is 4. The summed E-state index contributed by atoms with van der Waals surface area (Å²) in [5.41, 5.74) is 1.43. The van der Waals surface area contributed by atoms with Gasteiger partial charge in [0.25, 0.3) is 0 Å². The quantitative estimate of drug-likeness (QED) is 0.684. The molecule has 0 aliphatic heterocycles. The third-order valence-corrected chi connectivity index (χ3v) is 3.42. The predicted octanol–water partition coefficient (Wildman–Crippen LogP) is 2.16. The van der Waals surface area contributed by atoms with E-state index in [-0.39, 0.29) is 0 Å². The number of hydrogen-bond donors (Lipinski definition) is 3. The third kappa shape index (κ3) is 6.05. The van der Waals surface area contributed by atoms with E-state index < -0.39 is 18.0 Å². The third-order valence-electron chi connectivity index (χ3n) is 2.78. The van der Waals surface area contributed by atoms with Gasteiger partial charge in [0.15, 0.2) is 0 Å². The molecule has 0 bridgehead atoms. The Labute approximate surface area is 128 Å². The minimum atomic E-state index is -1.04. The van der Waals surface area contributed by atoms with E-state index >= 15 is 0 Å². The van der Waals surface area contributed by atoms with Crippen LogP contribution in [0, 0.1) is 0 Å². The lowest BCUT2D eigenvalue weighted by Crippen LogP contribution is -2.43. The summed E-state index contributed by atoms with van der Waals surface area (Å²) in [6.45, 7) is 0.366. The van der Waals surface area contributed by atoms with Gasteiger partial charge in [-0.3, -0.25) is 0 Å². The van der Waals surface area contributed by atoms with Crippen molar-refractivity contribution in [2.75, 3.05) is 24.4 Å². The summed E-state index contributed by atoms with van der Waals surface area (Å²) < 4.78 is 5.05. The van der Waals surface area contributed by atoms with E-state index in [2.05, 4.69) is 10.6 Å². The lowest BCUT2D eigenvalue weighted by molar-refractivity contribution is -0.139. The fraction of sp³-hybridized carbons (Fsp3) is 0.429. The molecule has 0 aliphatic carbocycles. The van der Waals surface area contributed by atoms with Gasteiger partial charge in [-0.2, -0.15) is 11.8 Å². The molecule has 0 saturated heterocycles. The average Bonchev–Trinajstić information content (AvgIpc) is 2.45. The molecule has 0 fully saturated rings. The molecule has 0 unspecified atom stereocenters. The standard InChI is InChI=1S/C14H20N2O4S/c1-20-9-10-5-3-4-6-11(10)15-14(19)16-12(13(17)18)7-8-21-2/h3-6,12H,7-9H2,1-2H3,(H,17,18)(H2,15,16,19)/t12-/m1/s1. The van der Waals surface area contributed by atoms with Crippen LogP contribution in [0.3, 0.4) is 0 Å². The summed E-state index contributed by atoms with van der Waals surface area (Å²) in [5, 5.41) is 14.2. The van der Waals surface area contributed by atoms with Crippen molar-refractivity contribution in [1.29, 1.82) is 0 Å². The number of para-hydroxylation sites is 1. The number of methoxy groups -OCH3 is 1. The van der Waals surface area contributed by atoms with Gasteiger partial charge in [0.05, 0.1) is 6.61 Å². The number of carbonyl (C=O) groups excluding carboxylic acids is 1. The van der Waals surface area contributed by atoms with Gasteiger partial charge >= 0.3 is 12.0 Å². The van der Waals surface area contributed by atoms with Crippen LogP contribution in [0.25, 0.3) is 0 Å². The van der Waals surface area contributed by atoms with Gasteiger partial charge in [-0.15, -0.1) is 0 Å². The minimum absolute atomic E-state index is 0.366. The van der Waals surface area contributed by atoms with Crippen LogP contribution >= 0.6 is 11.8 Å². The van der Waals surface area contributed by atoms with E-state index in [4.69, 9.17) is 9.84 Å². The zero-order valence-electron chi connectivity index (χ0n) is 12.1. The second-order valence-corrected chi connectivity index (χ2v) is 5.35. The van der Waals surface area contributed by atoms with Gasteiger partial charge in [-0.05, 0) is 24.5 Å². The molecule has 0 aliphatic rings. The number of aliphatic carboxylic acids is 1. The highest BCUT2D eigenvalue weighted by Gasteiger charge is 2.19. The SMILES string of the molecule is COCc1ccccc1NC(=O)N[C@H](CCSC)C(=O)O. The van der Waals surface area contributed by atoms with Crippen molar-refractivity contribution in [3.63, 3.8) is 0 Å². The molecule has 7 heteroatoms. The number of ether oxygens (including phenoxy) is 1. The molecule has 0 spiro atoms. The summed E-state index contributed by atoms with van der Waals surface area (Å²) in [6, 6.07) is 5.78. The first kappa shape index (κ1) is 17.3. The van der Waals surface area contributed by atoms with Crippen molar-refractivity contribution in [3.05, 3.63) is 29.8 Å². The van der Waals surface area contributed by atoms with Crippen LogP contribution in [0.2, 0.25) is 0 Å². The van der Waals surface area contributed by atoms with Gasteiger partial charge < -0.3 is 20.5 Å². The molecular weight excluding hydrogens is 292 g/mol. The molecule has 1 aromatic carbocycles. The lowest BCUT2D eigenvalue weighted by atomic mass is 10.2. The molecule has 116 valence electrons. The molecule has 1 aromatic rings. The Kier molecular flexibility index (Phi) is 7.63. The lowest BCUT2D eigenvalue weighted by Gasteiger charge is -2.16. The Bertz CT molecular complexity index is 482. The van der Waals surface area contributed by atoms with Crippen LogP contribution in [0.5, 0.6) is 0 Å². The first-order chi connectivity index (χ1) is 10.1. The number of anilines is 1. The minimum Gasteiger partial charge on any atom is -0.480 e. The largest absolute Gasteiger partial charge is 0.480 e. The first-order valence-corrected chi connectivity index (χ1v) is 7.84. The molecule has 1 rings (SSSR count). The number of carboxylic acids is 1. The van der Waals surface area contributed by atoms with Crippen LogP contribution in [0.15, 0.2) is 24.3 Å². The maximum atomic E-state index is 11.9. The van der Waals surface area contributed by atoms with Crippen molar-refractivity contribution in [3.8, 4) is 0 Å². The smallest absolute Gasteiger partial charge is 0.326 e. The van der Waals surface area contributed by atoms with Crippen LogP contribution in [0.4, 0.5) is 10.5 Å². The van der Waals surface area contributed by atoms with Gasteiger partial charge in [-0.1, -0.05) is 18.2 Å². The number of urea groups is 1. The van der Waals surface area contributed by atoms with Gasteiger partial charge in [0, 0.05) is 18.4 Å². The number of nitrogens with one attached hydrogen (secondary N) is 2. The number of benzene rings is 1. The van der Waals surface area contributed by atoms with E-state index in [1.165, 1.54) is 11.8 Å². The van der Waals surface area contributed by atoms with Crippen molar-refractivity contribution in [2.24, 2.45) is 0 Å². The first-order valence-electron chi connectivity index (χ1n) is 6.44. The molecule has 0 heterocycles. The molecule has 0 radical (unpaired) electrons.